The van der Waals surface area contributed by atoms with Gasteiger partial charge in [-0.3, -0.25) is 4.79 Å². The molecule has 0 atom stereocenters. The van der Waals surface area contributed by atoms with Gasteiger partial charge in [0.15, 0.2) is 17.2 Å². The minimum Gasteiger partial charge on any atom is -0.431 e. The van der Waals surface area contributed by atoms with Crippen LogP contribution in [0.15, 0.2) is 43.0 Å². The second-order valence-corrected chi connectivity index (χ2v) is 7.14. The predicted octanol–water partition coefficient (Wildman–Crippen LogP) is 3.68. The molecule has 0 saturated carbocycles. The highest BCUT2D eigenvalue weighted by Gasteiger charge is 2.13. The minimum absolute atomic E-state index is 0.200. The lowest BCUT2D eigenvalue weighted by Gasteiger charge is -1.98. The van der Waals surface area contributed by atoms with E-state index >= 15 is 0 Å². The first-order chi connectivity index (χ1) is 13.5. The number of anilines is 1. The Kier molecular flexibility index (Phi) is 5.11. The van der Waals surface area contributed by atoms with Gasteiger partial charge in [0.05, 0.1) is 5.75 Å². The average Bonchev–Trinajstić information content (AvgIpc) is 3.37. The zero-order valence-electron chi connectivity index (χ0n) is 15.3. The zero-order valence-corrected chi connectivity index (χ0v) is 16.1. The van der Waals surface area contributed by atoms with Crippen molar-refractivity contribution in [3.05, 3.63) is 47.3 Å². The molecule has 28 heavy (non-hydrogen) atoms. The van der Waals surface area contributed by atoms with Gasteiger partial charge in [-0.1, -0.05) is 28.1 Å². The summed E-state index contributed by atoms with van der Waals surface area (Å²) in [7, 11) is 0. The molecule has 3 heterocycles. The maximum atomic E-state index is 11.9. The van der Waals surface area contributed by atoms with Gasteiger partial charge in [0, 0.05) is 18.9 Å². The Morgan fingerprint density at radius 1 is 1.14 bits per heavy atom. The van der Waals surface area contributed by atoms with Crippen LogP contribution in [0.5, 0.6) is 0 Å². The third kappa shape index (κ3) is 4.39. The first-order valence-electron chi connectivity index (χ1n) is 8.60. The van der Waals surface area contributed by atoms with Gasteiger partial charge in [0.25, 0.3) is 5.22 Å². The fraction of sp³-hybridized carbons (Fsp3) is 0.278. The molecular weight excluding hydrogens is 382 g/mol. The number of rotatable bonds is 7. The van der Waals surface area contributed by atoms with Crippen LogP contribution in [0.1, 0.15) is 29.5 Å². The Morgan fingerprint density at radius 2 is 2.04 bits per heavy atom. The Hall–Kier alpha value is -3.14. The summed E-state index contributed by atoms with van der Waals surface area (Å²) in [5.41, 5.74) is 2.70. The molecule has 0 aliphatic carbocycles. The maximum Gasteiger partial charge on any atom is 0.257 e. The number of aromatic nitrogens is 4. The fourth-order valence-electron chi connectivity index (χ4n) is 2.51. The molecule has 3 aromatic heterocycles. The number of nitrogens with one attached hydrogen (secondary N) is 1. The van der Waals surface area contributed by atoms with Crippen molar-refractivity contribution >= 4 is 34.6 Å². The van der Waals surface area contributed by atoms with Crippen molar-refractivity contribution in [1.82, 2.24) is 20.3 Å². The smallest absolute Gasteiger partial charge is 0.257 e. The molecule has 1 N–H and O–H groups in total. The molecule has 0 saturated heterocycles. The van der Waals surface area contributed by atoms with Crippen LogP contribution in [0, 0.1) is 13.8 Å². The molecule has 0 aliphatic heterocycles. The number of carbonyl (C=O) groups excluding carboxylic acids is 1. The first-order valence-corrected chi connectivity index (χ1v) is 9.58. The Labute approximate surface area is 163 Å². The minimum atomic E-state index is -0.204. The van der Waals surface area contributed by atoms with Crippen molar-refractivity contribution in [1.29, 1.82) is 0 Å². The lowest BCUT2D eigenvalue weighted by Crippen LogP contribution is -2.12. The van der Waals surface area contributed by atoms with E-state index in [1.54, 1.807) is 13.0 Å². The Balaban J connectivity index is 1.28. The van der Waals surface area contributed by atoms with Crippen LogP contribution in [0.25, 0.3) is 11.1 Å². The molecule has 144 valence electrons. The fourth-order valence-corrected chi connectivity index (χ4v) is 3.19. The van der Waals surface area contributed by atoms with E-state index in [4.69, 9.17) is 13.5 Å². The van der Waals surface area contributed by atoms with Gasteiger partial charge >= 0.3 is 0 Å². The second kappa shape index (κ2) is 7.85. The van der Waals surface area contributed by atoms with Crippen molar-refractivity contribution in [3.8, 4) is 0 Å². The molecule has 1 amide bonds. The molecule has 4 aromatic rings. The van der Waals surface area contributed by atoms with Gasteiger partial charge in [0.2, 0.25) is 11.8 Å². The number of aryl methyl sites for hydroxylation is 3. The van der Waals surface area contributed by atoms with Crippen molar-refractivity contribution in [3.63, 3.8) is 0 Å². The first kappa shape index (κ1) is 18.2. The van der Waals surface area contributed by atoms with Gasteiger partial charge in [-0.2, -0.15) is 4.98 Å². The SMILES string of the molecule is Cc1ccc2oc(SCc3noc(CCC(=O)Nc4cc(C)on4)n3)nc2c1. The molecule has 9 nitrogen and oxygen atoms in total. The van der Waals surface area contributed by atoms with Gasteiger partial charge in [0.1, 0.15) is 11.3 Å². The highest BCUT2D eigenvalue weighted by Crippen LogP contribution is 2.26. The van der Waals surface area contributed by atoms with Crippen LogP contribution in [-0.4, -0.2) is 26.2 Å². The van der Waals surface area contributed by atoms with Crippen LogP contribution >= 0.6 is 11.8 Å². The average molecular weight is 399 g/mol. The predicted molar refractivity (Wildman–Crippen MR) is 101 cm³/mol. The van der Waals surface area contributed by atoms with Gasteiger partial charge in [-0.25, -0.2) is 4.98 Å². The Morgan fingerprint density at radius 3 is 2.86 bits per heavy atom. The van der Waals surface area contributed by atoms with Crippen LogP contribution in [0.4, 0.5) is 5.82 Å². The molecule has 0 spiro atoms. The molecule has 0 radical (unpaired) electrons. The molecule has 0 unspecified atom stereocenters. The standard InChI is InChI=1S/C18H17N5O4S/c1-10-3-4-13-12(7-10)19-18(25-13)28-9-15-21-17(27-23-15)6-5-16(24)20-14-8-11(2)26-22-14/h3-4,7-8H,5-6,9H2,1-2H3,(H,20,22,24). The van der Waals surface area contributed by atoms with E-state index < -0.39 is 0 Å². The summed E-state index contributed by atoms with van der Waals surface area (Å²) in [5, 5.41) is 10.8. The van der Waals surface area contributed by atoms with Crippen LogP contribution in [-0.2, 0) is 17.0 Å². The molecule has 10 heteroatoms. The number of thioether (sulfide) groups is 1. The van der Waals surface area contributed by atoms with Crippen molar-refractivity contribution < 1.29 is 18.3 Å². The van der Waals surface area contributed by atoms with Crippen molar-refractivity contribution in [2.24, 2.45) is 0 Å². The van der Waals surface area contributed by atoms with Crippen LogP contribution < -0.4 is 5.32 Å². The van der Waals surface area contributed by atoms with E-state index in [9.17, 15) is 4.79 Å². The topological polar surface area (TPSA) is 120 Å². The second-order valence-electron chi connectivity index (χ2n) is 6.21. The molecule has 0 bridgehead atoms. The maximum absolute atomic E-state index is 11.9. The highest BCUT2D eigenvalue weighted by atomic mass is 32.2. The van der Waals surface area contributed by atoms with Gasteiger partial charge in [-0.05, 0) is 31.5 Å². The number of benzene rings is 1. The monoisotopic (exact) mass is 399 g/mol. The lowest BCUT2D eigenvalue weighted by atomic mass is 10.2. The van der Waals surface area contributed by atoms with E-state index in [2.05, 4.69) is 25.6 Å². The normalized spacial score (nSPS) is 11.2. The van der Waals surface area contributed by atoms with E-state index in [0.717, 1.165) is 16.7 Å². The van der Waals surface area contributed by atoms with E-state index in [0.29, 0.717) is 40.7 Å². The summed E-state index contributed by atoms with van der Waals surface area (Å²) in [4.78, 5) is 20.6. The highest BCUT2D eigenvalue weighted by molar-refractivity contribution is 7.98. The summed E-state index contributed by atoms with van der Waals surface area (Å²) in [6.07, 6.45) is 0.535. The van der Waals surface area contributed by atoms with Crippen LogP contribution in [0.2, 0.25) is 0 Å². The Bertz CT molecular complexity index is 1120. The third-order valence-corrected chi connectivity index (χ3v) is 4.64. The molecule has 1 aromatic carbocycles. The molecular formula is C18H17N5O4S. The van der Waals surface area contributed by atoms with E-state index in [-0.39, 0.29) is 12.3 Å². The van der Waals surface area contributed by atoms with Crippen LogP contribution in [0.3, 0.4) is 0 Å². The third-order valence-electron chi connectivity index (χ3n) is 3.82. The number of nitrogens with zero attached hydrogens (tertiary/aromatic N) is 4. The number of carbonyl (C=O) groups is 1. The molecule has 0 aliphatic rings. The van der Waals surface area contributed by atoms with Crippen molar-refractivity contribution in [2.75, 3.05) is 5.32 Å². The largest absolute Gasteiger partial charge is 0.431 e. The summed E-state index contributed by atoms with van der Waals surface area (Å²) in [6, 6.07) is 7.50. The summed E-state index contributed by atoms with van der Waals surface area (Å²) in [6.45, 7) is 3.76. The number of hydrogen-bond acceptors (Lipinski definition) is 9. The molecule has 4 rings (SSSR count). The number of amides is 1. The summed E-state index contributed by atoms with van der Waals surface area (Å²) in [5.74, 6) is 2.19. The number of hydrogen-bond donors (Lipinski definition) is 1. The lowest BCUT2D eigenvalue weighted by molar-refractivity contribution is -0.116. The van der Waals surface area contributed by atoms with Gasteiger partial charge in [-0.15, -0.1) is 0 Å². The van der Waals surface area contributed by atoms with E-state index in [1.165, 1.54) is 11.8 Å². The number of fused-ring (bicyclic) bond motifs is 1. The van der Waals surface area contributed by atoms with E-state index in [1.807, 2.05) is 25.1 Å². The van der Waals surface area contributed by atoms with Gasteiger partial charge < -0.3 is 18.8 Å². The van der Waals surface area contributed by atoms with Crippen molar-refractivity contribution in [2.45, 2.75) is 37.7 Å². The quantitative estimate of drug-likeness (QED) is 0.464. The number of oxazole rings is 1. The zero-order chi connectivity index (χ0) is 19.5. The molecule has 0 fully saturated rings. The summed E-state index contributed by atoms with van der Waals surface area (Å²) >= 11 is 1.39. The summed E-state index contributed by atoms with van der Waals surface area (Å²) < 4.78 is 15.8.